The van der Waals surface area contributed by atoms with Gasteiger partial charge in [-0.05, 0) is 24.3 Å². The number of rotatable bonds is 7. The molecule has 1 amide bonds. The lowest BCUT2D eigenvalue weighted by Crippen LogP contribution is -2.49. The van der Waals surface area contributed by atoms with Crippen molar-refractivity contribution in [2.75, 3.05) is 32.8 Å². The summed E-state index contributed by atoms with van der Waals surface area (Å²) in [5.41, 5.74) is -1.15. The van der Waals surface area contributed by atoms with Crippen molar-refractivity contribution in [1.82, 2.24) is 15.2 Å². The number of amides is 1. The fourth-order valence-electron chi connectivity index (χ4n) is 3.11. The van der Waals surface area contributed by atoms with E-state index in [4.69, 9.17) is 16.3 Å². The molecule has 1 aliphatic heterocycles. The second-order valence-corrected chi connectivity index (χ2v) is 7.30. The predicted molar refractivity (Wildman–Crippen MR) is 103 cm³/mol. The van der Waals surface area contributed by atoms with Crippen LogP contribution < -0.4 is 10.1 Å². The Morgan fingerprint density at radius 1 is 1.24 bits per heavy atom. The van der Waals surface area contributed by atoms with Gasteiger partial charge in [0, 0.05) is 50.7 Å². The van der Waals surface area contributed by atoms with E-state index in [9.17, 15) is 18.0 Å². The maximum Gasteiger partial charge on any atom is 0.253 e. The number of alkyl halides is 1. The smallest absolute Gasteiger partial charge is 0.253 e. The van der Waals surface area contributed by atoms with Gasteiger partial charge in [-0.25, -0.2) is 8.78 Å². The Labute approximate surface area is 171 Å². The van der Waals surface area contributed by atoms with Crippen molar-refractivity contribution in [1.29, 1.82) is 0 Å². The number of hydrogen-bond donors (Lipinski definition) is 1. The number of carbonyl (C=O) groups is 1. The SMILES string of the molecule is O=C(c1ccc(F)c(Cl)c1)N1CCC(F)(CNCCOc2cccc(F)n2)CC1. The summed E-state index contributed by atoms with van der Waals surface area (Å²) < 4.78 is 46.5. The van der Waals surface area contributed by atoms with Crippen molar-refractivity contribution in [2.24, 2.45) is 0 Å². The molecular formula is C20H21ClF3N3O2. The molecule has 2 heterocycles. The van der Waals surface area contributed by atoms with E-state index >= 15 is 0 Å². The fraction of sp³-hybridized carbons (Fsp3) is 0.400. The minimum absolute atomic E-state index is 0.118. The van der Waals surface area contributed by atoms with E-state index in [1.807, 2.05) is 0 Å². The summed E-state index contributed by atoms with van der Waals surface area (Å²) in [6.07, 6.45) is 0.375. The molecule has 0 radical (unpaired) electrons. The molecule has 3 rings (SSSR count). The Balaban J connectivity index is 1.40. The Morgan fingerprint density at radius 2 is 2.00 bits per heavy atom. The van der Waals surface area contributed by atoms with Crippen LogP contribution in [0.3, 0.4) is 0 Å². The first-order valence-corrected chi connectivity index (χ1v) is 9.63. The van der Waals surface area contributed by atoms with E-state index in [0.717, 1.165) is 6.07 Å². The van der Waals surface area contributed by atoms with Crippen molar-refractivity contribution < 1.29 is 22.7 Å². The standard InChI is InChI=1S/C20H21ClF3N3O2/c21-15-12-14(4-5-16(15)22)19(28)27-9-6-20(24,7-10-27)13-25-8-11-29-18-3-1-2-17(23)26-18/h1-5,12,25H,6-11,13H2. The van der Waals surface area contributed by atoms with Crippen LogP contribution >= 0.6 is 11.6 Å². The molecular weight excluding hydrogens is 407 g/mol. The molecule has 1 fully saturated rings. The van der Waals surface area contributed by atoms with Crippen LogP contribution in [0.5, 0.6) is 5.88 Å². The van der Waals surface area contributed by atoms with Crippen molar-refractivity contribution in [2.45, 2.75) is 18.5 Å². The average Bonchev–Trinajstić information content (AvgIpc) is 2.70. The number of ether oxygens (including phenoxy) is 1. The topological polar surface area (TPSA) is 54.5 Å². The molecule has 5 nitrogen and oxygen atoms in total. The van der Waals surface area contributed by atoms with Crippen LogP contribution in [0.2, 0.25) is 5.02 Å². The van der Waals surface area contributed by atoms with Gasteiger partial charge in [0.05, 0.1) is 5.02 Å². The monoisotopic (exact) mass is 427 g/mol. The zero-order chi connectivity index (χ0) is 20.9. The molecule has 156 valence electrons. The van der Waals surface area contributed by atoms with Crippen LogP contribution in [0, 0.1) is 11.8 Å². The van der Waals surface area contributed by atoms with Crippen LogP contribution in [0.15, 0.2) is 36.4 Å². The van der Waals surface area contributed by atoms with E-state index in [-0.39, 0.29) is 61.5 Å². The summed E-state index contributed by atoms with van der Waals surface area (Å²) in [5, 5.41) is 2.87. The largest absolute Gasteiger partial charge is 0.476 e. The number of carbonyl (C=O) groups excluding carboxylic acids is 1. The van der Waals surface area contributed by atoms with Gasteiger partial charge in [-0.3, -0.25) is 4.79 Å². The number of hydrogen-bond acceptors (Lipinski definition) is 4. The highest BCUT2D eigenvalue weighted by Crippen LogP contribution is 2.27. The number of likely N-dealkylation sites (tertiary alicyclic amines) is 1. The summed E-state index contributed by atoms with van der Waals surface area (Å²) >= 11 is 5.73. The van der Waals surface area contributed by atoms with Gasteiger partial charge in [0.15, 0.2) is 0 Å². The highest BCUT2D eigenvalue weighted by molar-refractivity contribution is 6.31. The molecule has 2 aromatic rings. The van der Waals surface area contributed by atoms with Crippen molar-refractivity contribution in [3.8, 4) is 5.88 Å². The van der Waals surface area contributed by atoms with Gasteiger partial charge in [-0.2, -0.15) is 9.37 Å². The minimum atomic E-state index is -1.44. The molecule has 0 atom stereocenters. The van der Waals surface area contributed by atoms with Gasteiger partial charge in [-0.1, -0.05) is 17.7 Å². The van der Waals surface area contributed by atoms with Gasteiger partial charge in [0.2, 0.25) is 11.8 Å². The van der Waals surface area contributed by atoms with Crippen LogP contribution in [0.25, 0.3) is 0 Å². The maximum atomic E-state index is 15.0. The lowest BCUT2D eigenvalue weighted by atomic mass is 9.93. The van der Waals surface area contributed by atoms with Crippen molar-refractivity contribution >= 4 is 17.5 Å². The predicted octanol–water partition coefficient (Wildman–Crippen LogP) is 3.63. The number of aromatic nitrogens is 1. The van der Waals surface area contributed by atoms with Crippen LogP contribution in [-0.4, -0.2) is 54.2 Å². The van der Waals surface area contributed by atoms with Crippen LogP contribution in [0.1, 0.15) is 23.2 Å². The van der Waals surface area contributed by atoms with E-state index < -0.39 is 17.4 Å². The molecule has 1 saturated heterocycles. The summed E-state index contributed by atoms with van der Waals surface area (Å²) in [5.74, 6) is -1.33. The summed E-state index contributed by atoms with van der Waals surface area (Å²) in [4.78, 5) is 17.6. The molecule has 0 bridgehead atoms. The first kappa shape index (κ1) is 21.4. The second-order valence-electron chi connectivity index (χ2n) is 6.90. The number of nitrogens with one attached hydrogen (secondary N) is 1. The van der Waals surface area contributed by atoms with E-state index in [1.165, 1.54) is 24.3 Å². The lowest BCUT2D eigenvalue weighted by Gasteiger charge is -2.36. The summed E-state index contributed by atoms with van der Waals surface area (Å²) in [6.45, 7) is 1.24. The summed E-state index contributed by atoms with van der Waals surface area (Å²) in [6, 6.07) is 8.06. The van der Waals surface area contributed by atoms with Gasteiger partial charge in [0.1, 0.15) is 18.1 Å². The Kier molecular flexibility index (Phi) is 6.97. The number of pyridine rings is 1. The fourth-order valence-corrected chi connectivity index (χ4v) is 3.29. The lowest BCUT2D eigenvalue weighted by molar-refractivity contribution is 0.0433. The van der Waals surface area contributed by atoms with Gasteiger partial charge in [0.25, 0.3) is 5.91 Å². The molecule has 1 aliphatic rings. The third-order valence-corrected chi connectivity index (χ3v) is 5.06. The van der Waals surface area contributed by atoms with Crippen molar-refractivity contribution in [3.05, 3.63) is 58.7 Å². The first-order valence-electron chi connectivity index (χ1n) is 9.26. The first-order chi connectivity index (χ1) is 13.9. The quantitative estimate of drug-likeness (QED) is 0.541. The third kappa shape index (κ3) is 5.83. The van der Waals surface area contributed by atoms with E-state index in [2.05, 4.69) is 10.3 Å². The minimum Gasteiger partial charge on any atom is -0.476 e. The van der Waals surface area contributed by atoms with Gasteiger partial charge >= 0.3 is 0 Å². The Bertz CT molecular complexity index is 861. The number of nitrogens with zero attached hydrogens (tertiary/aromatic N) is 2. The second kappa shape index (κ2) is 9.45. The van der Waals surface area contributed by atoms with E-state index in [1.54, 1.807) is 11.0 Å². The van der Waals surface area contributed by atoms with Gasteiger partial charge in [-0.15, -0.1) is 0 Å². The molecule has 9 heteroatoms. The average molecular weight is 428 g/mol. The van der Waals surface area contributed by atoms with Crippen LogP contribution in [-0.2, 0) is 0 Å². The zero-order valence-electron chi connectivity index (χ0n) is 15.6. The number of halogens is 4. The molecule has 0 saturated carbocycles. The number of piperidine rings is 1. The zero-order valence-corrected chi connectivity index (χ0v) is 16.4. The number of benzene rings is 1. The molecule has 1 N–H and O–H groups in total. The molecule has 1 aromatic carbocycles. The summed E-state index contributed by atoms with van der Waals surface area (Å²) in [7, 11) is 0. The molecule has 0 spiro atoms. The normalized spacial score (nSPS) is 15.9. The Hall–Kier alpha value is -2.32. The Morgan fingerprint density at radius 3 is 2.69 bits per heavy atom. The maximum absolute atomic E-state index is 15.0. The molecule has 0 aliphatic carbocycles. The van der Waals surface area contributed by atoms with E-state index in [0.29, 0.717) is 6.54 Å². The van der Waals surface area contributed by atoms with Crippen molar-refractivity contribution in [3.63, 3.8) is 0 Å². The molecule has 29 heavy (non-hydrogen) atoms. The third-order valence-electron chi connectivity index (χ3n) is 4.77. The van der Waals surface area contributed by atoms with Crippen LogP contribution in [0.4, 0.5) is 13.2 Å². The molecule has 1 aromatic heterocycles. The highest BCUT2D eigenvalue weighted by atomic mass is 35.5. The molecule has 0 unspecified atom stereocenters. The highest BCUT2D eigenvalue weighted by Gasteiger charge is 2.35. The van der Waals surface area contributed by atoms with Gasteiger partial charge < -0.3 is 15.0 Å².